The Kier molecular flexibility index (Phi) is 3.21. The molecular formula is C18H23NO. The maximum Gasteiger partial charge on any atom is 0.0956 e. The average molecular weight is 269 g/mol. The number of nitrogens with zero attached hydrogens (tertiary/aromatic N) is 1. The summed E-state index contributed by atoms with van der Waals surface area (Å²) in [6.45, 7) is 8.03. The molecule has 2 aromatic rings. The number of rotatable bonds is 2. The molecule has 0 N–H and O–H groups in total. The maximum atomic E-state index is 5.41. The van der Waals surface area contributed by atoms with Crippen molar-refractivity contribution in [3.63, 3.8) is 0 Å². The first kappa shape index (κ1) is 13.4. The van der Waals surface area contributed by atoms with Gasteiger partial charge in [0, 0.05) is 11.1 Å². The van der Waals surface area contributed by atoms with Gasteiger partial charge in [-0.15, -0.1) is 0 Å². The summed E-state index contributed by atoms with van der Waals surface area (Å²) in [5.74, 6) is 0. The first-order valence-corrected chi connectivity index (χ1v) is 7.41. The summed E-state index contributed by atoms with van der Waals surface area (Å²) in [7, 11) is 0. The highest BCUT2D eigenvalue weighted by Gasteiger charge is 2.48. The van der Waals surface area contributed by atoms with Crippen molar-refractivity contribution in [3.8, 4) is 0 Å². The highest BCUT2D eigenvalue weighted by molar-refractivity contribution is 5.38. The SMILES string of the molecule is CC(C)(C)N1CCCC1(c1ccccc1)c1ccoc1. The fourth-order valence-corrected chi connectivity index (χ4v) is 3.71. The van der Waals surface area contributed by atoms with E-state index < -0.39 is 0 Å². The Morgan fingerprint density at radius 1 is 1.05 bits per heavy atom. The molecule has 1 unspecified atom stereocenters. The van der Waals surface area contributed by atoms with Gasteiger partial charge < -0.3 is 4.42 Å². The van der Waals surface area contributed by atoms with E-state index >= 15 is 0 Å². The molecule has 1 atom stereocenters. The van der Waals surface area contributed by atoms with Crippen LogP contribution in [0.2, 0.25) is 0 Å². The number of furan rings is 1. The smallest absolute Gasteiger partial charge is 0.0956 e. The predicted molar refractivity (Wildman–Crippen MR) is 81.6 cm³/mol. The number of hydrogen-bond donors (Lipinski definition) is 0. The van der Waals surface area contributed by atoms with Crippen molar-refractivity contribution in [2.45, 2.75) is 44.7 Å². The highest BCUT2D eigenvalue weighted by Crippen LogP contribution is 2.47. The Balaban J connectivity index is 2.19. The molecule has 20 heavy (non-hydrogen) atoms. The second kappa shape index (κ2) is 4.78. The third kappa shape index (κ3) is 1.99. The quantitative estimate of drug-likeness (QED) is 0.802. The molecule has 1 saturated heterocycles. The minimum absolute atomic E-state index is 0.0491. The lowest BCUT2D eigenvalue weighted by molar-refractivity contribution is 0.0677. The van der Waals surface area contributed by atoms with Gasteiger partial charge in [0.25, 0.3) is 0 Å². The van der Waals surface area contributed by atoms with Crippen LogP contribution in [-0.2, 0) is 5.54 Å². The van der Waals surface area contributed by atoms with Gasteiger partial charge in [0.15, 0.2) is 0 Å². The Morgan fingerprint density at radius 2 is 1.80 bits per heavy atom. The van der Waals surface area contributed by atoms with E-state index in [9.17, 15) is 0 Å². The Hall–Kier alpha value is -1.54. The molecule has 1 aromatic heterocycles. The van der Waals surface area contributed by atoms with Gasteiger partial charge in [0.1, 0.15) is 0 Å². The zero-order valence-electron chi connectivity index (χ0n) is 12.6. The van der Waals surface area contributed by atoms with E-state index in [1.54, 1.807) is 6.26 Å². The van der Waals surface area contributed by atoms with E-state index in [-0.39, 0.29) is 11.1 Å². The molecule has 106 valence electrons. The molecule has 0 amide bonds. The van der Waals surface area contributed by atoms with E-state index in [0.29, 0.717) is 0 Å². The van der Waals surface area contributed by atoms with Crippen LogP contribution in [0, 0.1) is 0 Å². The zero-order valence-corrected chi connectivity index (χ0v) is 12.6. The van der Waals surface area contributed by atoms with Crippen molar-refractivity contribution < 1.29 is 4.42 Å². The van der Waals surface area contributed by atoms with E-state index in [1.807, 2.05) is 6.26 Å². The van der Waals surface area contributed by atoms with E-state index in [2.05, 4.69) is 62.1 Å². The largest absolute Gasteiger partial charge is 0.472 e. The number of benzene rings is 1. The van der Waals surface area contributed by atoms with Crippen LogP contribution < -0.4 is 0 Å². The normalized spacial score (nSPS) is 24.1. The van der Waals surface area contributed by atoms with Crippen LogP contribution in [0.1, 0.15) is 44.7 Å². The van der Waals surface area contributed by atoms with Gasteiger partial charge in [0.05, 0.1) is 18.1 Å². The van der Waals surface area contributed by atoms with Gasteiger partial charge in [-0.3, -0.25) is 4.90 Å². The molecule has 0 radical (unpaired) electrons. The van der Waals surface area contributed by atoms with Gasteiger partial charge in [0.2, 0.25) is 0 Å². The summed E-state index contributed by atoms with van der Waals surface area (Å²) < 4.78 is 5.41. The van der Waals surface area contributed by atoms with Crippen LogP contribution >= 0.6 is 0 Å². The third-order valence-electron chi connectivity index (χ3n) is 4.44. The van der Waals surface area contributed by atoms with E-state index in [0.717, 1.165) is 13.0 Å². The van der Waals surface area contributed by atoms with Crippen molar-refractivity contribution in [2.24, 2.45) is 0 Å². The first-order valence-electron chi connectivity index (χ1n) is 7.41. The van der Waals surface area contributed by atoms with Gasteiger partial charge in [-0.1, -0.05) is 30.3 Å². The maximum absolute atomic E-state index is 5.41. The zero-order chi connectivity index (χ0) is 14.2. The third-order valence-corrected chi connectivity index (χ3v) is 4.44. The first-order chi connectivity index (χ1) is 9.55. The summed E-state index contributed by atoms with van der Waals surface area (Å²) in [4.78, 5) is 2.63. The van der Waals surface area contributed by atoms with Crippen molar-refractivity contribution in [3.05, 3.63) is 60.1 Å². The molecule has 0 spiro atoms. The Bertz CT molecular complexity index is 553. The highest BCUT2D eigenvalue weighted by atomic mass is 16.3. The van der Waals surface area contributed by atoms with Gasteiger partial charge in [-0.05, 0) is 51.8 Å². The number of likely N-dealkylation sites (tertiary alicyclic amines) is 1. The second-order valence-corrected chi connectivity index (χ2v) is 6.66. The lowest BCUT2D eigenvalue weighted by Gasteiger charge is -2.46. The summed E-state index contributed by atoms with van der Waals surface area (Å²) in [5, 5.41) is 0. The monoisotopic (exact) mass is 269 g/mol. The van der Waals surface area contributed by atoms with Gasteiger partial charge in [-0.25, -0.2) is 0 Å². The average Bonchev–Trinajstić information content (AvgIpc) is 3.09. The van der Waals surface area contributed by atoms with Gasteiger partial charge >= 0.3 is 0 Å². The fraction of sp³-hybridized carbons (Fsp3) is 0.444. The molecule has 1 aliphatic heterocycles. The van der Waals surface area contributed by atoms with Crippen molar-refractivity contribution >= 4 is 0 Å². The molecule has 1 fully saturated rings. The van der Waals surface area contributed by atoms with Crippen molar-refractivity contribution in [1.82, 2.24) is 4.90 Å². The lowest BCUT2D eigenvalue weighted by atomic mass is 9.80. The van der Waals surface area contributed by atoms with Crippen LogP contribution in [0.5, 0.6) is 0 Å². The standard InChI is InChI=1S/C18H23NO/c1-17(2,3)19-12-7-11-18(19,16-10-13-20-14-16)15-8-5-4-6-9-15/h4-6,8-10,13-14H,7,11-12H2,1-3H3. The Labute approximate surface area is 121 Å². The topological polar surface area (TPSA) is 16.4 Å². The predicted octanol–water partition coefficient (Wildman–Crippen LogP) is 4.42. The number of hydrogen-bond acceptors (Lipinski definition) is 2. The van der Waals surface area contributed by atoms with Crippen molar-refractivity contribution in [2.75, 3.05) is 6.54 Å². The Morgan fingerprint density at radius 3 is 2.40 bits per heavy atom. The molecule has 0 bridgehead atoms. The van der Waals surface area contributed by atoms with E-state index in [4.69, 9.17) is 4.42 Å². The molecule has 2 heterocycles. The molecule has 1 aliphatic rings. The lowest BCUT2D eigenvalue weighted by Crippen LogP contribution is -2.51. The van der Waals surface area contributed by atoms with Crippen LogP contribution in [-0.4, -0.2) is 17.0 Å². The summed E-state index contributed by atoms with van der Waals surface area (Å²) >= 11 is 0. The van der Waals surface area contributed by atoms with Crippen LogP contribution in [0.15, 0.2) is 53.3 Å². The van der Waals surface area contributed by atoms with E-state index in [1.165, 1.54) is 17.5 Å². The molecular weight excluding hydrogens is 246 g/mol. The molecule has 2 nitrogen and oxygen atoms in total. The van der Waals surface area contributed by atoms with Crippen LogP contribution in [0.4, 0.5) is 0 Å². The molecule has 1 aromatic carbocycles. The summed E-state index contributed by atoms with van der Waals surface area (Å²) in [6.07, 6.45) is 6.07. The van der Waals surface area contributed by atoms with Crippen LogP contribution in [0.25, 0.3) is 0 Å². The molecule has 2 heteroatoms. The van der Waals surface area contributed by atoms with Crippen molar-refractivity contribution in [1.29, 1.82) is 0 Å². The van der Waals surface area contributed by atoms with Gasteiger partial charge in [-0.2, -0.15) is 0 Å². The molecule has 3 rings (SSSR count). The minimum atomic E-state index is -0.0491. The molecule has 0 aliphatic carbocycles. The molecule has 0 saturated carbocycles. The van der Waals surface area contributed by atoms with Crippen LogP contribution in [0.3, 0.4) is 0 Å². The second-order valence-electron chi connectivity index (χ2n) is 6.66. The summed E-state index contributed by atoms with van der Waals surface area (Å²) in [5.41, 5.74) is 2.72. The summed E-state index contributed by atoms with van der Waals surface area (Å²) in [6, 6.07) is 13.0. The minimum Gasteiger partial charge on any atom is -0.472 e. The fourth-order valence-electron chi connectivity index (χ4n) is 3.71.